The first-order valence-corrected chi connectivity index (χ1v) is 10.4. The van der Waals surface area contributed by atoms with Gasteiger partial charge in [0, 0.05) is 12.8 Å². The maximum Gasteiger partial charge on any atom is 0.123 e. The summed E-state index contributed by atoms with van der Waals surface area (Å²) in [7, 11) is 0. The van der Waals surface area contributed by atoms with Crippen molar-refractivity contribution in [3.63, 3.8) is 0 Å². The summed E-state index contributed by atoms with van der Waals surface area (Å²) in [6, 6.07) is 0. The SMILES string of the molecule is CC(C)CC(C)(O)C#CC(C)(O)CC(C)C.CCCCC#CCCCC. The van der Waals surface area contributed by atoms with Crippen LogP contribution in [0.5, 0.6) is 0 Å². The van der Waals surface area contributed by atoms with E-state index in [9.17, 15) is 10.2 Å². The lowest BCUT2D eigenvalue weighted by Crippen LogP contribution is -2.28. The molecule has 0 spiro atoms. The van der Waals surface area contributed by atoms with Crippen LogP contribution in [0, 0.1) is 35.5 Å². The van der Waals surface area contributed by atoms with Crippen LogP contribution < -0.4 is 0 Å². The maximum absolute atomic E-state index is 10.00. The van der Waals surface area contributed by atoms with Crippen molar-refractivity contribution in [2.75, 3.05) is 0 Å². The molecule has 26 heavy (non-hydrogen) atoms. The number of unbranched alkanes of at least 4 members (excludes halogenated alkanes) is 4. The molecule has 0 radical (unpaired) electrons. The van der Waals surface area contributed by atoms with Gasteiger partial charge in [0.15, 0.2) is 0 Å². The van der Waals surface area contributed by atoms with Crippen LogP contribution in [0.1, 0.15) is 107 Å². The zero-order valence-corrected chi connectivity index (χ0v) is 18.7. The second-order valence-corrected chi connectivity index (χ2v) is 8.55. The van der Waals surface area contributed by atoms with E-state index in [1.54, 1.807) is 13.8 Å². The Morgan fingerprint density at radius 1 is 0.692 bits per heavy atom. The molecule has 0 aromatic heterocycles. The van der Waals surface area contributed by atoms with E-state index in [1.165, 1.54) is 25.7 Å². The summed E-state index contributed by atoms with van der Waals surface area (Å²) in [5.41, 5.74) is -2.01. The molecule has 0 aromatic rings. The summed E-state index contributed by atoms with van der Waals surface area (Å²) in [6.45, 7) is 16.0. The van der Waals surface area contributed by atoms with Gasteiger partial charge in [0.1, 0.15) is 11.2 Å². The first-order chi connectivity index (χ1) is 12.0. The number of hydrogen-bond donors (Lipinski definition) is 2. The highest BCUT2D eigenvalue weighted by Crippen LogP contribution is 2.18. The summed E-state index contributed by atoms with van der Waals surface area (Å²) >= 11 is 0. The quantitative estimate of drug-likeness (QED) is 0.412. The van der Waals surface area contributed by atoms with Crippen molar-refractivity contribution in [1.82, 2.24) is 0 Å². The average molecular weight is 365 g/mol. The lowest BCUT2D eigenvalue weighted by molar-refractivity contribution is 0.0859. The van der Waals surface area contributed by atoms with Crippen LogP contribution in [0.4, 0.5) is 0 Å². The second kappa shape index (κ2) is 15.1. The fourth-order valence-corrected chi connectivity index (χ4v) is 2.67. The zero-order valence-electron chi connectivity index (χ0n) is 18.7. The van der Waals surface area contributed by atoms with Crippen LogP contribution in [-0.2, 0) is 0 Å². The van der Waals surface area contributed by atoms with E-state index in [2.05, 4.69) is 37.5 Å². The Morgan fingerprint density at radius 2 is 1.00 bits per heavy atom. The minimum absolute atomic E-state index is 0.388. The average Bonchev–Trinajstić information content (AvgIpc) is 2.47. The minimum Gasteiger partial charge on any atom is -0.378 e. The normalized spacial score (nSPS) is 14.9. The van der Waals surface area contributed by atoms with Crippen molar-refractivity contribution in [3.8, 4) is 23.7 Å². The molecular weight excluding hydrogens is 320 g/mol. The van der Waals surface area contributed by atoms with Gasteiger partial charge in [-0.15, -0.1) is 11.8 Å². The van der Waals surface area contributed by atoms with E-state index in [0.29, 0.717) is 24.7 Å². The second-order valence-electron chi connectivity index (χ2n) is 8.55. The molecule has 2 heteroatoms. The van der Waals surface area contributed by atoms with Crippen molar-refractivity contribution < 1.29 is 10.2 Å². The van der Waals surface area contributed by atoms with E-state index < -0.39 is 11.2 Å². The molecule has 152 valence electrons. The highest BCUT2D eigenvalue weighted by molar-refractivity contribution is 5.19. The highest BCUT2D eigenvalue weighted by Gasteiger charge is 2.22. The van der Waals surface area contributed by atoms with E-state index in [0.717, 1.165) is 12.8 Å². The molecule has 0 aromatic carbocycles. The molecule has 2 N–H and O–H groups in total. The van der Waals surface area contributed by atoms with Gasteiger partial charge >= 0.3 is 0 Å². The van der Waals surface area contributed by atoms with Crippen molar-refractivity contribution >= 4 is 0 Å². The predicted octanol–water partition coefficient (Wildman–Crippen LogP) is 5.95. The van der Waals surface area contributed by atoms with Gasteiger partial charge in [-0.2, -0.15) is 0 Å². The van der Waals surface area contributed by atoms with Gasteiger partial charge in [0.2, 0.25) is 0 Å². The number of rotatable bonds is 8. The Kier molecular flexibility index (Phi) is 15.9. The van der Waals surface area contributed by atoms with E-state index >= 15 is 0 Å². The van der Waals surface area contributed by atoms with Crippen LogP contribution in [-0.4, -0.2) is 21.4 Å². The molecule has 0 rings (SSSR count). The smallest absolute Gasteiger partial charge is 0.123 e. The molecular formula is C24H44O2. The summed E-state index contributed by atoms with van der Waals surface area (Å²) in [5.74, 6) is 12.7. The lowest BCUT2D eigenvalue weighted by atomic mass is 9.91. The fourth-order valence-electron chi connectivity index (χ4n) is 2.67. The Morgan fingerprint density at radius 3 is 1.23 bits per heavy atom. The van der Waals surface area contributed by atoms with E-state index in [1.807, 2.05) is 27.7 Å². The maximum atomic E-state index is 10.00. The Bertz CT molecular complexity index is 412. The highest BCUT2D eigenvalue weighted by atomic mass is 16.3. The van der Waals surface area contributed by atoms with E-state index in [4.69, 9.17) is 0 Å². The summed E-state index contributed by atoms with van der Waals surface area (Å²) in [4.78, 5) is 0. The van der Waals surface area contributed by atoms with Gasteiger partial charge in [-0.25, -0.2) is 0 Å². The molecule has 0 aliphatic carbocycles. The van der Waals surface area contributed by atoms with Crippen LogP contribution in [0.2, 0.25) is 0 Å². The van der Waals surface area contributed by atoms with Crippen LogP contribution in [0.25, 0.3) is 0 Å². The number of hydrogen-bond acceptors (Lipinski definition) is 2. The fraction of sp³-hybridized carbons (Fsp3) is 0.833. The van der Waals surface area contributed by atoms with E-state index in [-0.39, 0.29) is 0 Å². The largest absolute Gasteiger partial charge is 0.378 e. The van der Waals surface area contributed by atoms with Gasteiger partial charge in [-0.3, -0.25) is 0 Å². The van der Waals surface area contributed by atoms with Gasteiger partial charge in [0.25, 0.3) is 0 Å². The zero-order chi connectivity index (χ0) is 20.6. The molecule has 0 fully saturated rings. The van der Waals surface area contributed by atoms with Gasteiger partial charge in [-0.05, 0) is 51.4 Å². The molecule has 2 nitrogen and oxygen atoms in total. The molecule has 2 unspecified atom stereocenters. The molecule has 0 aliphatic heterocycles. The third kappa shape index (κ3) is 21.1. The molecule has 0 saturated carbocycles. The van der Waals surface area contributed by atoms with Crippen LogP contribution >= 0.6 is 0 Å². The summed E-state index contributed by atoms with van der Waals surface area (Å²) in [5, 5.41) is 20.0. The van der Waals surface area contributed by atoms with Crippen molar-refractivity contribution in [2.24, 2.45) is 11.8 Å². The van der Waals surface area contributed by atoms with Crippen molar-refractivity contribution in [3.05, 3.63) is 0 Å². The molecule has 0 saturated heterocycles. The first-order valence-electron chi connectivity index (χ1n) is 10.4. The van der Waals surface area contributed by atoms with Crippen molar-refractivity contribution in [2.45, 2.75) is 118 Å². The molecule has 0 bridgehead atoms. The van der Waals surface area contributed by atoms with Gasteiger partial charge < -0.3 is 10.2 Å². The summed E-state index contributed by atoms with van der Waals surface area (Å²) < 4.78 is 0. The Balaban J connectivity index is 0. The van der Waals surface area contributed by atoms with Gasteiger partial charge in [0.05, 0.1) is 0 Å². The third-order valence-corrected chi connectivity index (χ3v) is 3.65. The number of aliphatic hydroxyl groups is 2. The van der Waals surface area contributed by atoms with Crippen molar-refractivity contribution in [1.29, 1.82) is 0 Å². The standard InChI is InChI=1S/C14H26O2.C10H18/c1-11(2)9-13(5,15)7-8-14(6,16)10-12(3)4;1-3-5-7-9-10-8-6-4-2/h11-12,15-16H,9-10H2,1-6H3;3-8H2,1-2H3. The minimum atomic E-state index is -1.00. The molecule has 0 heterocycles. The lowest BCUT2D eigenvalue weighted by Gasteiger charge is -2.22. The Hall–Kier alpha value is -0.960. The molecule has 0 amide bonds. The molecule has 0 aliphatic rings. The van der Waals surface area contributed by atoms with Gasteiger partial charge in [-0.1, -0.05) is 66.2 Å². The Labute approximate surface area is 164 Å². The monoisotopic (exact) mass is 364 g/mol. The topological polar surface area (TPSA) is 40.5 Å². The summed E-state index contributed by atoms with van der Waals surface area (Å²) in [6.07, 6.45) is 8.50. The third-order valence-electron chi connectivity index (χ3n) is 3.65. The first kappa shape index (κ1) is 27.3. The molecule has 2 atom stereocenters. The van der Waals surface area contributed by atoms with Crippen LogP contribution in [0.15, 0.2) is 0 Å². The van der Waals surface area contributed by atoms with Crippen LogP contribution in [0.3, 0.4) is 0 Å². The predicted molar refractivity (Wildman–Crippen MR) is 115 cm³/mol.